The molecule has 0 radical (unpaired) electrons. The minimum absolute atomic E-state index is 0.241. The first-order valence-electron chi connectivity index (χ1n) is 9.02. The summed E-state index contributed by atoms with van der Waals surface area (Å²) < 4.78 is 1.01. The third kappa shape index (κ3) is 4.71. The molecular formula is C20H24BrN3O. The molecule has 5 heteroatoms. The maximum Gasteiger partial charge on any atom is 0.226 e. The zero-order valence-electron chi connectivity index (χ0n) is 14.5. The molecule has 3 rings (SSSR count). The molecule has 1 heterocycles. The minimum atomic E-state index is -0.244. The highest BCUT2D eigenvalue weighted by molar-refractivity contribution is 9.10. The second kappa shape index (κ2) is 8.64. The van der Waals surface area contributed by atoms with Gasteiger partial charge in [0.15, 0.2) is 0 Å². The maximum atomic E-state index is 12.5. The monoisotopic (exact) mass is 401 g/mol. The molecule has 0 aromatic heterocycles. The minimum Gasteiger partial charge on any atom is -0.340 e. The van der Waals surface area contributed by atoms with Crippen LogP contribution >= 0.6 is 15.9 Å². The Morgan fingerprint density at radius 1 is 1.16 bits per heavy atom. The molecule has 1 atom stereocenters. The Labute approximate surface area is 158 Å². The van der Waals surface area contributed by atoms with E-state index in [9.17, 15) is 10.1 Å². The van der Waals surface area contributed by atoms with E-state index in [0.717, 1.165) is 36.0 Å². The molecule has 0 bridgehead atoms. The number of carbonyl (C=O) groups is 1. The van der Waals surface area contributed by atoms with Crippen LogP contribution in [-0.2, 0) is 4.79 Å². The average molecular weight is 402 g/mol. The molecule has 0 unspecified atom stereocenters. The number of rotatable bonds is 4. The Kier molecular flexibility index (Phi) is 6.28. The number of hydrogen-bond acceptors (Lipinski definition) is 3. The van der Waals surface area contributed by atoms with Crippen molar-refractivity contribution in [1.82, 2.24) is 9.80 Å². The van der Waals surface area contributed by atoms with E-state index in [2.05, 4.69) is 33.0 Å². The van der Waals surface area contributed by atoms with E-state index in [-0.39, 0.29) is 11.9 Å². The van der Waals surface area contributed by atoms with Crippen LogP contribution in [0.5, 0.6) is 0 Å². The molecule has 25 heavy (non-hydrogen) atoms. The highest BCUT2D eigenvalue weighted by atomic mass is 79.9. The van der Waals surface area contributed by atoms with Gasteiger partial charge >= 0.3 is 0 Å². The molecule has 132 valence electrons. The molecule has 1 amide bonds. The fraction of sp³-hybridized carbons (Fsp3) is 0.500. The topological polar surface area (TPSA) is 47.3 Å². The number of piperazine rings is 1. The van der Waals surface area contributed by atoms with Crippen LogP contribution in [0.1, 0.15) is 43.7 Å². The van der Waals surface area contributed by atoms with E-state index in [1.54, 1.807) is 0 Å². The Hall–Kier alpha value is -1.64. The van der Waals surface area contributed by atoms with Crippen molar-refractivity contribution >= 4 is 21.8 Å². The molecule has 1 aliphatic carbocycles. The summed E-state index contributed by atoms with van der Waals surface area (Å²) in [7, 11) is 0. The van der Waals surface area contributed by atoms with Gasteiger partial charge in [-0.1, -0.05) is 39.7 Å². The lowest BCUT2D eigenvalue weighted by atomic mass is 9.96. The van der Waals surface area contributed by atoms with Gasteiger partial charge in [-0.3, -0.25) is 9.69 Å². The lowest BCUT2D eigenvalue weighted by Crippen LogP contribution is -2.49. The van der Waals surface area contributed by atoms with Gasteiger partial charge in [0.25, 0.3) is 0 Å². The van der Waals surface area contributed by atoms with Gasteiger partial charge in [0.1, 0.15) is 6.04 Å². The van der Waals surface area contributed by atoms with Crippen molar-refractivity contribution in [3.8, 4) is 6.07 Å². The van der Waals surface area contributed by atoms with E-state index in [4.69, 9.17) is 0 Å². The zero-order valence-corrected chi connectivity index (χ0v) is 16.0. The average Bonchev–Trinajstić information content (AvgIpc) is 2.65. The lowest BCUT2D eigenvalue weighted by molar-refractivity contribution is -0.132. The quantitative estimate of drug-likeness (QED) is 0.714. The summed E-state index contributed by atoms with van der Waals surface area (Å²) in [5.74, 6) is 0.241. The number of allylic oxidation sites excluding steroid dienone is 1. The SMILES string of the molecule is N#C[C@H](c1ccc(Br)cc1)N1CCN(C(=O)CC2=CCCCC2)CC1. The molecule has 0 N–H and O–H groups in total. The summed E-state index contributed by atoms with van der Waals surface area (Å²) in [4.78, 5) is 16.6. The first-order valence-corrected chi connectivity index (χ1v) is 9.81. The summed E-state index contributed by atoms with van der Waals surface area (Å²) in [6.07, 6.45) is 7.48. The van der Waals surface area contributed by atoms with Gasteiger partial charge in [-0.25, -0.2) is 0 Å². The molecule has 1 aliphatic heterocycles. The number of carbonyl (C=O) groups excluding carboxylic acids is 1. The predicted octanol–water partition coefficient (Wildman–Crippen LogP) is 4.05. The van der Waals surface area contributed by atoms with Crippen LogP contribution in [-0.4, -0.2) is 41.9 Å². The fourth-order valence-corrected chi connectivity index (χ4v) is 3.88. The number of amides is 1. The van der Waals surface area contributed by atoms with Crippen LogP contribution in [0, 0.1) is 11.3 Å². The second-order valence-electron chi connectivity index (χ2n) is 6.78. The molecule has 1 aromatic carbocycles. The van der Waals surface area contributed by atoms with E-state index < -0.39 is 0 Å². The van der Waals surface area contributed by atoms with E-state index in [0.29, 0.717) is 19.5 Å². The second-order valence-corrected chi connectivity index (χ2v) is 7.70. The van der Waals surface area contributed by atoms with Gasteiger partial charge in [0.2, 0.25) is 5.91 Å². The molecule has 1 saturated heterocycles. The van der Waals surface area contributed by atoms with Crippen LogP contribution in [0.2, 0.25) is 0 Å². The van der Waals surface area contributed by atoms with Gasteiger partial charge in [0.05, 0.1) is 6.07 Å². The van der Waals surface area contributed by atoms with Crippen molar-refractivity contribution in [2.45, 2.75) is 38.1 Å². The maximum absolute atomic E-state index is 12.5. The summed E-state index contributed by atoms with van der Waals surface area (Å²) in [6, 6.07) is 10.1. The summed E-state index contributed by atoms with van der Waals surface area (Å²) in [5, 5.41) is 9.60. The van der Waals surface area contributed by atoms with E-state index in [1.165, 1.54) is 18.4 Å². The van der Waals surface area contributed by atoms with Crippen molar-refractivity contribution in [2.24, 2.45) is 0 Å². The molecule has 1 fully saturated rings. The van der Waals surface area contributed by atoms with Crippen LogP contribution in [0.15, 0.2) is 40.4 Å². The normalized spacial score (nSPS) is 19.8. The summed E-state index contributed by atoms with van der Waals surface area (Å²) in [5.41, 5.74) is 2.32. The first-order chi connectivity index (χ1) is 12.2. The first kappa shape index (κ1) is 18.2. The van der Waals surface area contributed by atoms with Crippen LogP contribution < -0.4 is 0 Å². The number of halogens is 1. The molecule has 0 spiro atoms. The van der Waals surface area contributed by atoms with Crippen molar-refractivity contribution in [1.29, 1.82) is 5.26 Å². The van der Waals surface area contributed by atoms with E-state index >= 15 is 0 Å². The third-order valence-electron chi connectivity index (χ3n) is 5.10. The predicted molar refractivity (Wildman–Crippen MR) is 102 cm³/mol. The lowest BCUT2D eigenvalue weighted by Gasteiger charge is -2.37. The summed E-state index contributed by atoms with van der Waals surface area (Å²) in [6.45, 7) is 2.92. The van der Waals surface area contributed by atoms with Crippen LogP contribution in [0.3, 0.4) is 0 Å². The smallest absolute Gasteiger partial charge is 0.226 e. The van der Waals surface area contributed by atoms with Gasteiger partial charge in [-0.2, -0.15) is 5.26 Å². The van der Waals surface area contributed by atoms with Gasteiger partial charge < -0.3 is 4.90 Å². The standard InChI is InChI=1S/C20H24BrN3O/c21-18-8-6-17(7-9-18)19(15-22)23-10-12-24(13-11-23)20(25)14-16-4-2-1-3-5-16/h4,6-9,19H,1-3,5,10-14H2/t19-/m1/s1. The van der Waals surface area contributed by atoms with Crippen molar-refractivity contribution in [3.63, 3.8) is 0 Å². The Morgan fingerprint density at radius 3 is 2.48 bits per heavy atom. The largest absolute Gasteiger partial charge is 0.340 e. The Bertz CT molecular complexity index is 669. The van der Waals surface area contributed by atoms with E-state index in [1.807, 2.05) is 29.2 Å². The summed E-state index contributed by atoms with van der Waals surface area (Å²) >= 11 is 3.43. The highest BCUT2D eigenvalue weighted by Crippen LogP contribution is 2.25. The van der Waals surface area contributed by atoms with Crippen LogP contribution in [0.25, 0.3) is 0 Å². The van der Waals surface area contributed by atoms with Gasteiger partial charge in [-0.15, -0.1) is 0 Å². The Morgan fingerprint density at radius 2 is 1.88 bits per heavy atom. The van der Waals surface area contributed by atoms with Crippen molar-refractivity contribution in [2.75, 3.05) is 26.2 Å². The fourth-order valence-electron chi connectivity index (χ4n) is 3.61. The zero-order chi connectivity index (χ0) is 17.6. The van der Waals surface area contributed by atoms with Crippen molar-refractivity contribution < 1.29 is 4.79 Å². The number of benzene rings is 1. The Balaban J connectivity index is 1.55. The number of nitriles is 1. The molecule has 0 saturated carbocycles. The molecule has 2 aliphatic rings. The van der Waals surface area contributed by atoms with Gasteiger partial charge in [-0.05, 0) is 43.4 Å². The number of hydrogen-bond donors (Lipinski definition) is 0. The van der Waals surface area contributed by atoms with Gasteiger partial charge in [0, 0.05) is 37.1 Å². The number of nitrogens with zero attached hydrogens (tertiary/aromatic N) is 3. The van der Waals surface area contributed by atoms with Crippen molar-refractivity contribution in [3.05, 3.63) is 46.0 Å². The van der Waals surface area contributed by atoms with Crippen LogP contribution in [0.4, 0.5) is 0 Å². The molecule has 1 aromatic rings. The highest BCUT2D eigenvalue weighted by Gasteiger charge is 2.27. The third-order valence-corrected chi connectivity index (χ3v) is 5.63. The molecular weight excluding hydrogens is 378 g/mol. The molecule has 4 nitrogen and oxygen atoms in total.